The van der Waals surface area contributed by atoms with Gasteiger partial charge in [-0.05, 0) is 42.2 Å². The van der Waals surface area contributed by atoms with Crippen molar-refractivity contribution in [2.75, 3.05) is 6.54 Å². The summed E-state index contributed by atoms with van der Waals surface area (Å²) >= 11 is 12.3. The zero-order valence-electron chi connectivity index (χ0n) is 14.8. The molecule has 3 rings (SSSR count). The fraction of sp³-hybridized carbons (Fsp3) is 0.400. The zero-order valence-corrected chi connectivity index (χ0v) is 16.3. The number of aromatic nitrogens is 1. The first-order valence-corrected chi connectivity index (χ1v) is 9.47. The third kappa shape index (κ3) is 4.03. The Kier molecular flexibility index (Phi) is 5.86. The number of benzene rings is 1. The van der Waals surface area contributed by atoms with Crippen molar-refractivity contribution < 1.29 is 9.90 Å². The highest BCUT2D eigenvalue weighted by Crippen LogP contribution is 2.34. The van der Waals surface area contributed by atoms with Gasteiger partial charge in [0, 0.05) is 29.9 Å². The molecule has 0 aliphatic heterocycles. The van der Waals surface area contributed by atoms with Gasteiger partial charge in [-0.3, -0.25) is 9.78 Å². The summed E-state index contributed by atoms with van der Waals surface area (Å²) in [6.45, 7) is 3.99. The van der Waals surface area contributed by atoms with Crippen LogP contribution in [0.4, 0.5) is 0 Å². The molecule has 0 saturated carbocycles. The number of carbonyl (C=O) groups excluding carboxylic acids is 1. The van der Waals surface area contributed by atoms with Crippen molar-refractivity contribution in [1.29, 1.82) is 0 Å². The minimum absolute atomic E-state index is 0.0132. The lowest BCUT2D eigenvalue weighted by molar-refractivity contribution is -0.138. The quantitative estimate of drug-likeness (QED) is 0.833. The molecule has 1 aliphatic rings. The van der Waals surface area contributed by atoms with Crippen molar-refractivity contribution in [3.8, 4) is 0 Å². The number of fused-ring (bicyclic) bond motifs is 1. The second kappa shape index (κ2) is 7.95. The number of hydrogen-bond acceptors (Lipinski definition) is 3. The van der Waals surface area contributed by atoms with Crippen molar-refractivity contribution in [3.05, 3.63) is 63.4 Å². The van der Waals surface area contributed by atoms with Crippen molar-refractivity contribution in [1.82, 2.24) is 9.88 Å². The second-order valence-electron chi connectivity index (χ2n) is 7.04. The molecule has 1 N–H and O–H groups in total. The fourth-order valence-corrected chi connectivity index (χ4v) is 3.80. The van der Waals surface area contributed by atoms with E-state index < -0.39 is 6.10 Å². The Hall–Kier alpha value is -1.62. The first-order valence-electron chi connectivity index (χ1n) is 8.72. The van der Waals surface area contributed by atoms with E-state index in [1.165, 1.54) is 0 Å². The Morgan fingerprint density at radius 1 is 1.27 bits per heavy atom. The number of amides is 1. The zero-order chi connectivity index (χ0) is 18.8. The number of halogens is 2. The van der Waals surface area contributed by atoms with Crippen LogP contribution < -0.4 is 0 Å². The second-order valence-corrected chi connectivity index (χ2v) is 7.86. The molecule has 1 aromatic carbocycles. The Labute approximate surface area is 163 Å². The van der Waals surface area contributed by atoms with Gasteiger partial charge in [-0.2, -0.15) is 0 Å². The molecule has 0 spiro atoms. The lowest BCUT2D eigenvalue weighted by atomic mass is 10.1. The van der Waals surface area contributed by atoms with Gasteiger partial charge in [0.15, 0.2) is 0 Å². The van der Waals surface area contributed by atoms with Crippen molar-refractivity contribution in [2.45, 2.75) is 38.8 Å². The average Bonchev–Trinajstić information content (AvgIpc) is 3.02. The highest BCUT2D eigenvalue weighted by Gasteiger charge is 2.33. The minimum atomic E-state index is -0.776. The lowest BCUT2D eigenvalue weighted by Crippen LogP contribution is -2.45. The number of carbonyl (C=O) groups is 1. The fourth-order valence-electron chi connectivity index (χ4n) is 3.42. The average molecular weight is 393 g/mol. The van der Waals surface area contributed by atoms with Gasteiger partial charge in [-0.1, -0.05) is 43.1 Å². The molecule has 1 aromatic heterocycles. The van der Waals surface area contributed by atoms with Crippen LogP contribution in [0.2, 0.25) is 10.0 Å². The molecule has 0 radical (unpaired) electrons. The van der Waals surface area contributed by atoms with Crippen molar-refractivity contribution >= 4 is 29.1 Å². The molecule has 138 valence electrons. The van der Waals surface area contributed by atoms with Crippen LogP contribution in [0.5, 0.6) is 0 Å². The topological polar surface area (TPSA) is 53.4 Å². The summed E-state index contributed by atoms with van der Waals surface area (Å²) < 4.78 is 0. The van der Waals surface area contributed by atoms with E-state index in [0.717, 1.165) is 11.1 Å². The SMILES string of the molecule is CC(C)C(=O)N(C[C@@H](O)c1cccnc1)C1Cc2cc(Cl)c(Cl)cc2C1. The predicted octanol–water partition coefficient (Wildman–Crippen LogP) is 4.07. The van der Waals surface area contributed by atoms with Crippen LogP contribution in [0.15, 0.2) is 36.7 Å². The van der Waals surface area contributed by atoms with Crippen LogP contribution >= 0.6 is 23.2 Å². The molecular formula is C20H22Cl2N2O2. The summed E-state index contributed by atoms with van der Waals surface area (Å²) in [5.41, 5.74) is 2.93. The van der Waals surface area contributed by atoms with Gasteiger partial charge in [0.2, 0.25) is 5.91 Å². The Morgan fingerprint density at radius 3 is 2.38 bits per heavy atom. The van der Waals surface area contributed by atoms with Crippen LogP contribution in [-0.2, 0) is 17.6 Å². The molecule has 0 fully saturated rings. The predicted molar refractivity (Wildman–Crippen MR) is 103 cm³/mol. The first-order chi connectivity index (χ1) is 12.4. The van der Waals surface area contributed by atoms with Crippen molar-refractivity contribution in [2.24, 2.45) is 5.92 Å². The Balaban J connectivity index is 1.82. The molecule has 1 amide bonds. The molecule has 6 heteroatoms. The molecule has 26 heavy (non-hydrogen) atoms. The largest absolute Gasteiger partial charge is 0.386 e. The Bertz CT molecular complexity index is 765. The van der Waals surface area contributed by atoms with E-state index in [-0.39, 0.29) is 24.4 Å². The summed E-state index contributed by atoms with van der Waals surface area (Å²) in [6, 6.07) is 7.35. The van der Waals surface area contributed by atoms with E-state index in [0.29, 0.717) is 28.5 Å². The molecule has 1 aliphatic carbocycles. The van der Waals surface area contributed by atoms with E-state index in [2.05, 4.69) is 4.98 Å². The molecule has 0 bridgehead atoms. The van der Waals surface area contributed by atoms with Gasteiger partial charge in [0.05, 0.1) is 22.7 Å². The molecule has 1 atom stereocenters. The Morgan fingerprint density at radius 2 is 1.88 bits per heavy atom. The monoisotopic (exact) mass is 392 g/mol. The molecule has 0 saturated heterocycles. The van der Waals surface area contributed by atoms with Gasteiger partial charge in [-0.15, -0.1) is 0 Å². The standard InChI is InChI=1S/C20H22Cl2N2O2/c1-12(2)20(26)24(11-19(25)13-4-3-5-23-10-13)16-6-14-8-17(21)18(22)9-15(14)7-16/h3-5,8-10,12,16,19,25H,6-7,11H2,1-2H3/t19-/m1/s1. The number of hydrogen-bond donors (Lipinski definition) is 1. The van der Waals surface area contributed by atoms with Gasteiger partial charge in [-0.25, -0.2) is 0 Å². The van der Waals surface area contributed by atoms with Crippen molar-refractivity contribution in [3.63, 3.8) is 0 Å². The van der Waals surface area contributed by atoms with E-state index in [9.17, 15) is 9.90 Å². The van der Waals surface area contributed by atoms with Crippen LogP contribution in [0.3, 0.4) is 0 Å². The van der Waals surface area contributed by atoms with Gasteiger partial charge in [0.25, 0.3) is 0 Å². The normalized spacial score (nSPS) is 15.2. The van der Waals surface area contributed by atoms with E-state index in [1.54, 1.807) is 23.4 Å². The molecule has 4 nitrogen and oxygen atoms in total. The third-order valence-electron chi connectivity index (χ3n) is 4.81. The smallest absolute Gasteiger partial charge is 0.225 e. The number of aliphatic hydroxyl groups is 1. The lowest BCUT2D eigenvalue weighted by Gasteiger charge is -2.32. The first kappa shape index (κ1) is 19.2. The van der Waals surface area contributed by atoms with Crippen LogP contribution in [0.1, 0.15) is 36.6 Å². The summed E-state index contributed by atoms with van der Waals surface area (Å²) in [7, 11) is 0. The number of rotatable bonds is 5. The van der Waals surface area contributed by atoms with Crippen LogP contribution in [0, 0.1) is 5.92 Å². The minimum Gasteiger partial charge on any atom is -0.386 e. The summed E-state index contributed by atoms with van der Waals surface area (Å²) in [5.74, 6) is -0.116. The maximum absolute atomic E-state index is 12.8. The van der Waals surface area contributed by atoms with Gasteiger partial charge < -0.3 is 10.0 Å². The summed E-state index contributed by atoms with van der Waals surface area (Å²) in [4.78, 5) is 18.7. The number of nitrogens with zero attached hydrogens (tertiary/aromatic N) is 2. The van der Waals surface area contributed by atoms with E-state index in [4.69, 9.17) is 23.2 Å². The molecule has 2 aromatic rings. The number of pyridine rings is 1. The van der Waals surface area contributed by atoms with Gasteiger partial charge >= 0.3 is 0 Å². The third-order valence-corrected chi connectivity index (χ3v) is 5.53. The molecule has 1 heterocycles. The number of aliphatic hydroxyl groups excluding tert-OH is 1. The maximum Gasteiger partial charge on any atom is 0.225 e. The van der Waals surface area contributed by atoms with Crippen LogP contribution in [-0.4, -0.2) is 33.5 Å². The summed E-state index contributed by atoms with van der Waals surface area (Å²) in [5, 5.41) is 11.7. The molecular weight excluding hydrogens is 371 g/mol. The highest BCUT2D eigenvalue weighted by molar-refractivity contribution is 6.42. The molecule has 0 unspecified atom stereocenters. The summed E-state index contributed by atoms with van der Waals surface area (Å²) in [6.07, 6.45) is 3.94. The maximum atomic E-state index is 12.8. The van der Waals surface area contributed by atoms with Crippen LogP contribution in [0.25, 0.3) is 0 Å². The van der Waals surface area contributed by atoms with Gasteiger partial charge in [0.1, 0.15) is 0 Å². The highest BCUT2D eigenvalue weighted by atomic mass is 35.5. The van der Waals surface area contributed by atoms with E-state index >= 15 is 0 Å². The van der Waals surface area contributed by atoms with E-state index in [1.807, 2.05) is 32.0 Å².